The van der Waals surface area contributed by atoms with E-state index in [2.05, 4.69) is 10.1 Å². The largest absolute Gasteiger partial charge is 0.493 e. The van der Waals surface area contributed by atoms with Crippen molar-refractivity contribution in [3.63, 3.8) is 0 Å². The molecule has 0 spiro atoms. The van der Waals surface area contributed by atoms with Gasteiger partial charge in [-0.05, 0) is 12.3 Å². The average molecular weight is 181 g/mol. The third kappa shape index (κ3) is 1.02. The minimum Gasteiger partial charge on any atom is -0.493 e. The van der Waals surface area contributed by atoms with Gasteiger partial charge in [-0.3, -0.25) is 0 Å². The first-order valence-electron chi connectivity index (χ1n) is 3.39. The molecule has 0 aliphatic rings. The van der Waals surface area contributed by atoms with E-state index >= 15 is 0 Å². The summed E-state index contributed by atoms with van der Waals surface area (Å²) in [6, 6.07) is 3.35. The Hall–Kier alpha value is -1.23. The maximum absolute atomic E-state index is 9.29. The van der Waals surface area contributed by atoms with Gasteiger partial charge in [0.25, 0.3) is 0 Å². The molecule has 4 nitrogen and oxygen atoms in total. The minimum atomic E-state index is 0.141. The SMILES string of the molecule is CSc1ncc2ccc(O)n2n1. The van der Waals surface area contributed by atoms with Crippen LogP contribution in [0.25, 0.3) is 5.52 Å². The van der Waals surface area contributed by atoms with Gasteiger partial charge in [0.15, 0.2) is 0 Å². The Morgan fingerprint density at radius 2 is 2.33 bits per heavy atom. The van der Waals surface area contributed by atoms with Crippen LogP contribution in [0.15, 0.2) is 23.5 Å². The lowest BCUT2D eigenvalue weighted by Gasteiger charge is -1.96. The lowest BCUT2D eigenvalue weighted by Crippen LogP contribution is -1.94. The molecule has 0 unspecified atom stereocenters. The number of hydrogen-bond donors (Lipinski definition) is 1. The highest BCUT2D eigenvalue weighted by molar-refractivity contribution is 7.98. The van der Waals surface area contributed by atoms with Crippen LogP contribution >= 0.6 is 11.8 Å². The molecule has 0 saturated heterocycles. The Balaban J connectivity index is 2.71. The molecule has 2 heterocycles. The molecule has 2 rings (SSSR count). The van der Waals surface area contributed by atoms with Crippen molar-refractivity contribution in [1.29, 1.82) is 0 Å². The van der Waals surface area contributed by atoms with Gasteiger partial charge in [-0.2, -0.15) is 4.52 Å². The first kappa shape index (κ1) is 7.42. The van der Waals surface area contributed by atoms with Gasteiger partial charge in [-0.1, -0.05) is 11.8 Å². The molecule has 0 amide bonds. The molecule has 62 valence electrons. The summed E-state index contributed by atoms with van der Waals surface area (Å²) in [6.45, 7) is 0. The van der Waals surface area contributed by atoms with Crippen LogP contribution in [0.3, 0.4) is 0 Å². The van der Waals surface area contributed by atoms with Crippen molar-refractivity contribution >= 4 is 17.3 Å². The van der Waals surface area contributed by atoms with E-state index in [-0.39, 0.29) is 5.88 Å². The summed E-state index contributed by atoms with van der Waals surface area (Å²) in [7, 11) is 0. The first-order chi connectivity index (χ1) is 5.81. The van der Waals surface area contributed by atoms with E-state index in [4.69, 9.17) is 0 Å². The number of aromatic hydroxyl groups is 1. The zero-order valence-electron chi connectivity index (χ0n) is 6.43. The highest BCUT2D eigenvalue weighted by Gasteiger charge is 2.01. The van der Waals surface area contributed by atoms with Gasteiger partial charge in [0, 0.05) is 6.07 Å². The summed E-state index contributed by atoms with van der Waals surface area (Å²) in [5.74, 6) is 0.141. The van der Waals surface area contributed by atoms with Crippen molar-refractivity contribution in [1.82, 2.24) is 14.6 Å². The Labute approximate surface area is 73.2 Å². The number of aromatic nitrogens is 3. The standard InChI is InChI=1S/C7H7N3OS/c1-12-7-8-4-5-2-3-6(11)10(5)9-7/h2-4,11H,1H3. The highest BCUT2D eigenvalue weighted by atomic mass is 32.2. The van der Waals surface area contributed by atoms with Crippen molar-refractivity contribution < 1.29 is 5.11 Å². The minimum absolute atomic E-state index is 0.141. The summed E-state index contributed by atoms with van der Waals surface area (Å²) in [6.07, 6.45) is 3.57. The normalized spacial score (nSPS) is 10.8. The fourth-order valence-corrected chi connectivity index (χ4v) is 1.29. The Bertz CT molecular complexity index is 412. The van der Waals surface area contributed by atoms with E-state index in [9.17, 15) is 5.11 Å². The number of hydrogen-bond acceptors (Lipinski definition) is 4. The van der Waals surface area contributed by atoms with Gasteiger partial charge in [-0.15, -0.1) is 5.10 Å². The molecule has 0 aromatic carbocycles. The summed E-state index contributed by atoms with van der Waals surface area (Å²) in [5.41, 5.74) is 0.797. The summed E-state index contributed by atoms with van der Waals surface area (Å²) in [5, 5.41) is 14.0. The molecule has 2 aromatic heterocycles. The van der Waals surface area contributed by atoms with Crippen molar-refractivity contribution in [3.05, 3.63) is 18.3 Å². The van der Waals surface area contributed by atoms with Crippen LogP contribution < -0.4 is 0 Å². The number of nitrogens with zero attached hydrogens (tertiary/aromatic N) is 3. The number of rotatable bonds is 1. The van der Waals surface area contributed by atoms with Crippen molar-refractivity contribution in [3.8, 4) is 5.88 Å². The Kier molecular flexibility index (Phi) is 1.65. The third-order valence-electron chi connectivity index (χ3n) is 1.54. The maximum Gasteiger partial charge on any atom is 0.212 e. The van der Waals surface area contributed by atoms with E-state index in [1.165, 1.54) is 16.3 Å². The smallest absolute Gasteiger partial charge is 0.212 e. The molecule has 0 fully saturated rings. The Morgan fingerprint density at radius 3 is 3.08 bits per heavy atom. The van der Waals surface area contributed by atoms with Crippen molar-refractivity contribution in [2.75, 3.05) is 6.26 Å². The first-order valence-corrected chi connectivity index (χ1v) is 4.61. The highest BCUT2D eigenvalue weighted by Crippen LogP contribution is 2.15. The zero-order chi connectivity index (χ0) is 8.55. The molecular weight excluding hydrogens is 174 g/mol. The predicted octanol–water partition coefficient (Wildman–Crippen LogP) is 1.16. The number of fused-ring (bicyclic) bond motifs is 1. The fraction of sp³-hybridized carbons (Fsp3) is 0.143. The molecule has 0 aliphatic carbocycles. The molecule has 0 atom stereocenters. The lowest BCUT2D eigenvalue weighted by molar-refractivity contribution is 0.435. The van der Waals surface area contributed by atoms with Crippen molar-refractivity contribution in [2.24, 2.45) is 0 Å². The quantitative estimate of drug-likeness (QED) is 0.671. The topological polar surface area (TPSA) is 50.4 Å². The molecule has 5 heteroatoms. The van der Waals surface area contributed by atoms with E-state index < -0.39 is 0 Å². The molecule has 0 bridgehead atoms. The van der Waals surface area contributed by atoms with Gasteiger partial charge in [0.05, 0.1) is 11.7 Å². The lowest BCUT2D eigenvalue weighted by atomic mass is 10.5. The van der Waals surface area contributed by atoms with Crippen LogP contribution in [0.4, 0.5) is 0 Å². The van der Waals surface area contributed by atoms with E-state index in [0.717, 1.165) is 5.52 Å². The molecular formula is C7H7N3OS. The van der Waals surface area contributed by atoms with Crippen LogP contribution in [0.5, 0.6) is 5.88 Å². The van der Waals surface area contributed by atoms with Crippen LogP contribution in [0.1, 0.15) is 0 Å². The van der Waals surface area contributed by atoms with E-state index in [1.807, 2.05) is 6.26 Å². The maximum atomic E-state index is 9.29. The van der Waals surface area contributed by atoms with Crippen molar-refractivity contribution in [2.45, 2.75) is 5.16 Å². The van der Waals surface area contributed by atoms with E-state index in [0.29, 0.717) is 5.16 Å². The zero-order valence-corrected chi connectivity index (χ0v) is 7.25. The third-order valence-corrected chi connectivity index (χ3v) is 2.09. The van der Waals surface area contributed by atoms with E-state index in [1.54, 1.807) is 18.3 Å². The van der Waals surface area contributed by atoms with Gasteiger partial charge in [-0.25, -0.2) is 4.98 Å². The summed E-state index contributed by atoms with van der Waals surface area (Å²) in [4.78, 5) is 4.06. The molecule has 0 aliphatic heterocycles. The van der Waals surface area contributed by atoms with Gasteiger partial charge < -0.3 is 5.11 Å². The summed E-state index contributed by atoms with van der Waals surface area (Å²) < 4.78 is 1.46. The molecule has 1 N–H and O–H groups in total. The fourth-order valence-electron chi connectivity index (χ4n) is 0.966. The number of thioether (sulfide) groups is 1. The van der Waals surface area contributed by atoms with Crippen LogP contribution in [-0.4, -0.2) is 26.0 Å². The average Bonchev–Trinajstić information content (AvgIpc) is 2.47. The molecule has 2 aromatic rings. The van der Waals surface area contributed by atoms with Crippen LogP contribution in [0, 0.1) is 0 Å². The molecule has 12 heavy (non-hydrogen) atoms. The van der Waals surface area contributed by atoms with Crippen LogP contribution in [-0.2, 0) is 0 Å². The van der Waals surface area contributed by atoms with Gasteiger partial charge >= 0.3 is 0 Å². The second kappa shape index (κ2) is 2.67. The summed E-state index contributed by atoms with van der Waals surface area (Å²) >= 11 is 1.44. The second-order valence-corrected chi connectivity index (χ2v) is 3.05. The van der Waals surface area contributed by atoms with Gasteiger partial charge in [0.1, 0.15) is 0 Å². The monoisotopic (exact) mass is 181 g/mol. The van der Waals surface area contributed by atoms with Crippen LogP contribution in [0.2, 0.25) is 0 Å². The van der Waals surface area contributed by atoms with Gasteiger partial charge in [0.2, 0.25) is 11.0 Å². The Morgan fingerprint density at radius 1 is 1.50 bits per heavy atom. The molecule has 0 saturated carbocycles. The second-order valence-electron chi connectivity index (χ2n) is 2.27. The predicted molar refractivity (Wildman–Crippen MR) is 46.4 cm³/mol. The molecule has 0 radical (unpaired) electrons.